The number of ether oxygens (including phenoxy) is 2. The van der Waals surface area contributed by atoms with Gasteiger partial charge in [0.2, 0.25) is 11.9 Å². The highest BCUT2D eigenvalue weighted by Crippen LogP contribution is 2.36. The van der Waals surface area contributed by atoms with Crippen LogP contribution >= 0.6 is 46.2 Å². The molecule has 0 saturated carbocycles. The highest BCUT2D eigenvalue weighted by molar-refractivity contribution is 8.00. The SMILES string of the molecule is COC(=O)c1nc(-c2ccnc(Nc3cc(OC)cc(C(F)(F)F)c3)n2)sc1SC.CSc1cccc(Nc2nccc(-c3ncc(C)s3)n2)c1. The average molecular weight is 771 g/mol. The number of esters is 1. The molecule has 4 aromatic heterocycles. The molecule has 0 saturated heterocycles. The lowest BCUT2D eigenvalue weighted by Crippen LogP contribution is -2.07. The lowest BCUT2D eigenvalue weighted by molar-refractivity contribution is -0.137. The molecule has 0 aliphatic rings. The molecule has 0 amide bonds. The topological polar surface area (TPSA) is 137 Å². The van der Waals surface area contributed by atoms with Crippen molar-refractivity contribution in [1.29, 1.82) is 0 Å². The second-order valence-electron chi connectivity index (χ2n) is 10.1. The fourth-order valence-corrected chi connectivity index (χ4v) is 7.08. The van der Waals surface area contributed by atoms with Crippen molar-refractivity contribution in [3.05, 3.63) is 89.3 Å². The number of thiazole rings is 2. The van der Waals surface area contributed by atoms with Crippen LogP contribution in [0.2, 0.25) is 0 Å². The van der Waals surface area contributed by atoms with E-state index >= 15 is 0 Å². The largest absolute Gasteiger partial charge is 0.497 e. The van der Waals surface area contributed by atoms with Crippen molar-refractivity contribution in [2.75, 3.05) is 37.4 Å². The number of carbonyl (C=O) groups excluding carboxylic acids is 1. The highest BCUT2D eigenvalue weighted by atomic mass is 32.2. The van der Waals surface area contributed by atoms with E-state index in [-0.39, 0.29) is 23.1 Å². The first-order valence-corrected chi connectivity index (χ1v) is 18.7. The smallest absolute Gasteiger partial charge is 0.416 e. The molecule has 264 valence electrons. The molecule has 0 fully saturated rings. The Kier molecular flexibility index (Phi) is 12.5. The zero-order valence-corrected chi connectivity index (χ0v) is 30.9. The van der Waals surface area contributed by atoms with Crippen molar-refractivity contribution >= 4 is 75.4 Å². The minimum absolute atomic E-state index is 0.0377. The minimum atomic E-state index is -4.53. The summed E-state index contributed by atoms with van der Waals surface area (Å²) in [6.07, 6.45) is 4.37. The Labute approximate surface area is 307 Å². The molecule has 0 aliphatic carbocycles. The van der Waals surface area contributed by atoms with Gasteiger partial charge >= 0.3 is 12.1 Å². The summed E-state index contributed by atoms with van der Waals surface area (Å²) in [6, 6.07) is 14.9. The van der Waals surface area contributed by atoms with Gasteiger partial charge < -0.3 is 20.1 Å². The molecule has 0 bridgehead atoms. The summed E-state index contributed by atoms with van der Waals surface area (Å²) < 4.78 is 49.7. The van der Waals surface area contributed by atoms with E-state index in [1.165, 1.54) is 59.4 Å². The van der Waals surface area contributed by atoms with Crippen LogP contribution in [-0.4, -0.2) is 62.6 Å². The van der Waals surface area contributed by atoms with Gasteiger partial charge in [-0.25, -0.2) is 34.7 Å². The van der Waals surface area contributed by atoms with Crippen LogP contribution in [0, 0.1) is 6.92 Å². The summed E-state index contributed by atoms with van der Waals surface area (Å²) in [7, 11) is 2.54. The monoisotopic (exact) mass is 770 g/mol. The highest BCUT2D eigenvalue weighted by Gasteiger charge is 2.31. The third kappa shape index (κ3) is 9.93. The van der Waals surface area contributed by atoms with E-state index < -0.39 is 17.7 Å². The van der Waals surface area contributed by atoms with Crippen molar-refractivity contribution in [3.8, 4) is 27.2 Å². The van der Waals surface area contributed by atoms with Gasteiger partial charge in [-0.05, 0) is 61.9 Å². The number of carbonyl (C=O) groups is 1. The van der Waals surface area contributed by atoms with Gasteiger partial charge in [-0.2, -0.15) is 13.2 Å². The third-order valence-corrected chi connectivity index (χ3v) is 10.4. The van der Waals surface area contributed by atoms with Gasteiger partial charge in [-0.1, -0.05) is 6.07 Å². The van der Waals surface area contributed by atoms with Gasteiger partial charge in [-0.3, -0.25) is 0 Å². The Morgan fingerprint density at radius 2 is 1.49 bits per heavy atom. The van der Waals surface area contributed by atoms with Gasteiger partial charge in [0.1, 0.15) is 27.2 Å². The molecule has 51 heavy (non-hydrogen) atoms. The zero-order chi connectivity index (χ0) is 36.5. The molecule has 0 aliphatic heterocycles. The zero-order valence-electron chi connectivity index (χ0n) is 27.6. The molecular formula is C33H29F3N8O3S4. The molecule has 2 N–H and O–H groups in total. The van der Waals surface area contributed by atoms with Crippen LogP contribution in [0.25, 0.3) is 21.4 Å². The number of nitrogens with one attached hydrogen (secondary N) is 2. The van der Waals surface area contributed by atoms with E-state index in [2.05, 4.69) is 58.9 Å². The number of rotatable bonds is 10. The summed E-state index contributed by atoms with van der Waals surface area (Å²) >= 11 is 5.93. The average Bonchev–Trinajstić information content (AvgIpc) is 3.78. The molecule has 0 spiro atoms. The maximum absolute atomic E-state index is 13.1. The van der Waals surface area contributed by atoms with Gasteiger partial charge in [0.25, 0.3) is 0 Å². The van der Waals surface area contributed by atoms with Crippen LogP contribution in [0.3, 0.4) is 0 Å². The van der Waals surface area contributed by atoms with Crippen molar-refractivity contribution in [2.24, 2.45) is 0 Å². The maximum Gasteiger partial charge on any atom is 0.416 e. The number of aryl methyl sites for hydroxylation is 1. The lowest BCUT2D eigenvalue weighted by Gasteiger charge is -2.12. The molecule has 18 heteroatoms. The Bertz CT molecular complexity index is 2130. The number of hydrogen-bond acceptors (Lipinski definition) is 15. The predicted octanol–water partition coefficient (Wildman–Crippen LogP) is 9.25. The molecule has 0 radical (unpaired) electrons. The summed E-state index contributed by atoms with van der Waals surface area (Å²) in [6.45, 7) is 2.04. The molecular weight excluding hydrogens is 742 g/mol. The van der Waals surface area contributed by atoms with Crippen molar-refractivity contribution in [1.82, 2.24) is 29.9 Å². The quantitative estimate of drug-likeness (QED) is 0.101. The van der Waals surface area contributed by atoms with Crippen LogP contribution in [0.1, 0.15) is 20.9 Å². The van der Waals surface area contributed by atoms with E-state index in [4.69, 9.17) is 9.47 Å². The summed E-state index contributed by atoms with van der Waals surface area (Å²) in [5.74, 6) is 0.119. The maximum atomic E-state index is 13.1. The van der Waals surface area contributed by atoms with Crippen molar-refractivity contribution < 1.29 is 27.4 Å². The first-order chi connectivity index (χ1) is 24.5. The van der Waals surface area contributed by atoms with Crippen molar-refractivity contribution in [3.63, 3.8) is 0 Å². The standard InChI is InChI=1S/C18H15F3N4O3S2.C15H14N4S2/c1-27-11-7-9(18(19,20)21)6-10(8-11)23-17-22-5-4-12(24-17)14-25-13(15(26)28-2)16(29-3)30-14;1-10-9-17-14(21-10)13-6-7-16-15(19-13)18-11-4-3-5-12(8-11)20-2/h4-8H,1-3H3,(H,22,23,24);3-9H,1-2H3,(H,16,18,19). The molecule has 0 unspecified atom stereocenters. The van der Waals surface area contributed by atoms with Crippen LogP contribution in [0.15, 0.2) is 82.3 Å². The Balaban J connectivity index is 0.000000210. The number of nitrogens with zero attached hydrogens (tertiary/aromatic N) is 6. The first kappa shape index (κ1) is 37.5. The third-order valence-electron chi connectivity index (χ3n) is 6.58. The number of anilines is 4. The van der Waals surface area contributed by atoms with E-state index in [1.54, 1.807) is 41.6 Å². The summed E-state index contributed by atoms with van der Waals surface area (Å²) in [4.78, 5) is 40.0. The number of halogens is 3. The molecule has 6 rings (SSSR count). The Hall–Kier alpha value is -4.78. The minimum Gasteiger partial charge on any atom is -0.497 e. The molecule has 0 atom stereocenters. The fourth-order valence-electron chi connectivity index (χ4n) is 4.24. The van der Waals surface area contributed by atoms with Crippen LogP contribution in [0.5, 0.6) is 5.75 Å². The van der Waals surface area contributed by atoms with Crippen LogP contribution in [-0.2, 0) is 10.9 Å². The predicted molar refractivity (Wildman–Crippen MR) is 197 cm³/mol. The number of alkyl halides is 3. The van der Waals surface area contributed by atoms with Gasteiger partial charge in [0, 0.05) is 45.8 Å². The van der Waals surface area contributed by atoms with Gasteiger partial charge in [-0.15, -0.1) is 46.2 Å². The lowest BCUT2D eigenvalue weighted by atomic mass is 10.2. The first-order valence-electron chi connectivity index (χ1n) is 14.7. The van der Waals surface area contributed by atoms with Crippen molar-refractivity contribution in [2.45, 2.75) is 22.2 Å². The van der Waals surface area contributed by atoms with E-state index in [0.717, 1.165) is 28.5 Å². The number of hydrogen-bond donors (Lipinski definition) is 2. The Morgan fingerprint density at radius 3 is 2.08 bits per heavy atom. The second kappa shape index (κ2) is 17.0. The number of methoxy groups -OCH3 is 2. The number of aromatic nitrogens is 6. The van der Waals surface area contributed by atoms with E-state index in [1.807, 2.05) is 31.3 Å². The number of benzene rings is 2. The molecule has 6 aromatic rings. The van der Waals surface area contributed by atoms with Crippen LogP contribution < -0.4 is 15.4 Å². The molecule has 11 nitrogen and oxygen atoms in total. The van der Waals surface area contributed by atoms with Gasteiger partial charge in [0.05, 0.1) is 24.0 Å². The second-order valence-corrected chi connectivity index (χ2v) is 14.3. The summed E-state index contributed by atoms with van der Waals surface area (Å²) in [5, 5.41) is 7.35. The number of thioether (sulfide) groups is 2. The van der Waals surface area contributed by atoms with E-state index in [9.17, 15) is 18.0 Å². The van der Waals surface area contributed by atoms with Gasteiger partial charge in [0.15, 0.2) is 5.69 Å². The fraction of sp³-hybridized carbons (Fsp3) is 0.182. The normalized spacial score (nSPS) is 11.0. The van der Waals surface area contributed by atoms with Crippen LogP contribution in [0.4, 0.5) is 36.4 Å². The summed E-state index contributed by atoms with van der Waals surface area (Å²) in [5.41, 5.74) is 1.65. The Morgan fingerprint density at radius 1 is 0.804 bits per heavy atom. The molecule has 2 aromatic carbocycles. The van der Waals surface area contributed by atoms with E-state index in [0.29, 0.717) is 20.9 Å². The molecule has 4 heterocycles.